The van der Waals surface area contributed by atoms with Gasteiger partial charge in [-0.15, -0.1) is 0 Å². The molecule has 1 saturated carbocycles. The summed E-state index contributed by atoms with van der Waals surface area (Å²) in [7, 11) is 0. The zero-order valence-corrected chi connectivity index (χ0v) is 11.8. The standard InChI is InChI=1S/C14H25N3O/c1-4-10-6-7-11(8-10)12-16-13(18-17-12)14(3,5-2)9-15/h10-11H,4-9,15H2,1-3H3. The van der Waals surface area contributed by atoms with Gasteiger partial charge in [-0.3, -0.25) is 0 Å². The van der Waals surface area contributed by atoms with Crippen LogP contribution in [0.25, 0.3) is 0 Å². The fraction of sp³-hybridized carbons (Fsp3) is 0.857. The Kier molecular flexibility index (Phi) is 4.05. The minimum atomic E-state index is -0.173. The highest BCUT2D eigenvalue weighted by molar-refractivity contribution is 5.07. The van der Waals surface area contributed by atoms with Crippen LogP contribution in [0, 0.1) is 5.92 Å². The zero-order chi connectivity index (χ0) is 13.2. The van der Waals surface area contributed by atoms with Crippen LogP contribution in [0.1, 0.15) is 70.5 Å². The summed E-state index contributed by atoms with van der Waals surface area (Å²) in [6, 6.07) is 0. The van der Waals surface area contributed by atoms with Crippen molar-refractivity contribution in [1.82, 2.24) is 10.1 Å². The highest BCUT2D eigenvalue weighted by atomic mass is 16.5. The Labute approximate surface area is 109 Å². The van der Waals surface area contributed by atoms with Crippen LogP contribution >= 0.6 is 0 Å². The molecule has 0 aromatic carbocycles. The SMILES string of the molecule is CCC1CCC(c2noc(C(C)(CC)CN)n2)C1. The first kappa shape index (κ1) is 13.5. The fourth-order valence-electron chi connectivity index (χ4n) is 2.71. The molecule has 3 atom stereocenters. The summed E-state index contributed by atoms with van der Waals surface area (Å²) in [4.78, 5) is 4.62. The van der Waals surface area contributed by atoms with E-state index in [-0.39, 0.29) is 5.41 Å². The molecule has 1 heterocycles. The molecular weight excluding hydrogens is 226 g/mol. The quantitative estimate of drug-likeness (QED) is 0.873. The van der Waals surface area contributed by atoms with Gasteiger partial charge in [-0.05, 0) is 38.5 Å². The van der Waals surface area contributed by atoms with Crippen molar-refractivity contribution in [2.45, 2.75) is 64.2 Å². The van der Waals surface area contributed by atoms with E-state index in [4.69, 9.17) is 10.3 Å². The van der Waals surface area contributed by atoms with Crippen LogP contribution < -0.4 is 5.73 Å². The van der Waals surface area contributed by atoms with Crippen molar-refractivity contribution in [2.75, 3.05) is 6.54 Å². The van der Waals surface area contributed by atoms with Gasteiger partial charge < -0.3 is 10.3 Å². The molecule has 0 amide bonds. The summed E-state index contributed by atoms with van der Waals surface area (Å²) in [6.45, 7) is 7.01. The lowest BCUT2D eigenvalue weighted by Crippen LogP contribution is -2.31. The van der Waals surface area contributed by atoms with E-state index >= 15 is 0 Å². The number of nitrogens with zero attached hydrogens (tertiary/aromatic N) is 2. The van der Waals surface area contributed by atoms with Crippen LogP contribution in [0.2, 0.25) is 0 Å². The first-order chi connectivity index (χ1) is 8.62. The molecule has 1 fully saturated rings. The summed E-state index contributed by atoms with van der Waals surface area (Å²) in [5, 5.41) is 4.19. The molecule has 4 heteroatoms. The maximum atomic E-state index is 5.83. The maximum absolute atomic E-state index is 5.83. The summed E-state index contributed by atoms with van der Waals surface area (Å²) >= 11 is 0. The van der Waals surface area contributed by atoms with Gasteiger partial charge in [0.05, 0.1) is 5.41 Å². The van der Waals surface area contributed by atoms with Crippen LogP contribution in [0.3, 0.4) is 0 Å². The molecule has 2 N–H and O–H groups in total. The normalized spacial score (nSPS) is 27.3. The molecule has 0 spiro atoms. The van der Waals surface area contributed by atoms with Gasteiger partial charge in [0, 0.05) is 12.5 Å². The third-order valence-corrected chi connectivity index (χ3v) is 4.67. The Morgan fingerprint density at radius 1 is 1.39 bits per heavy atom. The minimum Gasteiger partial charge on any atom is -0.339 e. The molecule has 1 aliphatic rings. The van der Waals surface area contributed by atoms with Gasteiger partial charge in [0.2, 0.25) is 5.89 Å². The van der Waals surface area contributed by atoms with Crippen molar-refractivity contribution in [3.63, 3.8) is 0 Å². The molecule has 0 aliphatic heterocycles. The predicted octanol–water partition coefficient (Wildman–Crippen LogP) is 2.99. The summed E-state index contributed by atoms with van der Waals surface area (Å²) in [5.74, 6) is 2.94. The summed E-state index contributed by atoms with van der Waals surface area (Å²) < 4.78 is 5.45. The Morgan fingerprint density at radius 3 is 2.72 bits per heavy atom. The molecule has 18 heavy (non-hydrogen) atoms. The zero-order valence-electron chi connectivity index (χ0n) is 11.8. The van der Waals surface area contributed by atoms with Crippen molar-refractivity contribution in [3.05, 3.63) is 11.7 Å². The lowest BCUT2D eigenvalue weighted by Gasteiger charge is -2.20. The van der Waals surface area contributed by atoms with Crippen molar-refractivity contribution in [2.24, 2.45) is 11.7 Å². The monoisotopic (exact) mass is 251 g/mol. The largest absolute Gasteiger partial charge is 0.339 e. The Balaban J connectivity index is 2.11. The topological polar surface area (TPSA) is 64.9 Å². The first-order valence-electron chi connectivity index (χ1n) is 7.17. The first-order valence-corrected chi connectivity index (χ1v) is 7.17. The van der Waals surface area contributed by atoms with E-state index in [0.29, 0.717) is 18.4 Å². The second kappa shape index (κ2) is 5.39. The third-order valence-electron chi connectivity index (χ3n) is 4.67. The summed E-state index contributed by atoms with van der Waals surface area (Å²) in [6.07, 6.45) is 5.89. The molecule has 0 saturated heterocycles. The lowest BCUT2D eigenvalue weighted by molar-refractivity contribution is 0.288. The van der Waals surface area contributed by atoms with Gasteiger partial charge in [-0.1, -0.05) is 25.4 Å². The van der Waals surface area contributed by atoms with E-state index in [1.807, 2.05) is 0 Å². The number of nitrogens with two attached hydrogens (primary N) is 1. The fourth-order valence-corrected chi connectivity index (χ4v) is 2.71. The second-order valence-electron chi connectivity index (χ2n) is 5.86. The summed E-state index contributed by atoms with van der Waals surface area (Å²) in [5.41, 5.74) is 5.66. The number of aromatic nitrogens is 2. The van der Waals surface area contributed by atoms with Crippen molar-refractivity contribution in [3.8, 4) is 0 Å². The minimum absolute atomic E-state index is 0.173. The Morgan fingerprint density at radius 2 is 2.17 bits per heavy atom. The van der Waals surface area contributed by atoms with E-state index in [1.54, 1.807) is 0 Å². The van der Waals surface area contributed by atoms with Gasteiger partial charge in [0.15, 0.2) is 5.82 Å². The second-order valence-corrected chi connectivity index (χ2v) is 5.86. The van der Waals surface area contributed by atoms with Crippen LogP contribution in [-0.4, -0.2) is 16.7 Å². The van der Waals surface area contributed by atoms with Crippen LogP contribution in [0.4, 0.5) is 0 Å². The number of hydrogen-bond acceptors (Lipinski definition) is 4. The van der Waals surface area contributed by atoms with E-state index in [0.717, 1.165) is 18.2 Å². The van der Waals surface area contributed by atoms with Crippen LogP contribution in [0.15, 0.2) is 4.52 Å². The van der Waals surface area contributed by atoms with Gasteiger partial charge >= 0.3 is 0 Å². The highest BCUT2D eigenvalue weighted by Crippen LogP contribution is 2.39. The van der Waals surface area contributed by atoms with Crippen molar-refractivity contribution in [1.29, 1.82) is 0 Å². The highest BCUT2D eigenvalue weighted by Gasteiger charge is 2.33. The van der Waals surface area contributed by atoms with E-state index in [2.05, 4.69) is 30.9 Å². The number of rotatable bonds is 5. The Bertz CT molecular complexity index is 384. The molecule has 1 aromatic rings. The number of hydrogen-bond donors (Lipinski definition) is 1. The lowest BCUT2D eigenvalue weighted by atomic mass is 9.87. The molecule has 1 aromatic heterocycles. The van der Waals surface area contributed by atoms with Gasteiger partial charge in [-0.2, -0.15) is 4.98 Å². The van der Waals surface area contributed by atoms with Gasteiger partial charge in [0.1, 0.15) is 0 Å². The smallest absolute Gasteiger partial charge is 0.233 e. The third kappa shape index (κ3) is 2.44. The Hall–Kier alpha value is -0.900. The molecule has 4 nitrogen and oxygen atoms in total. The molecule has 0 radical (unpaired) electrons. The molecular formula is C14H25N3O. The van der Waals surface area contributed by atoms with E-state index in [1.165, 1.54) is 25.7 Å². The molecule has 102 valence electrons. The average Bonchev–Trinajstić information content (AvgIpc) is 3.05. The van der Waals surface area contributed by atoms with Gasteiger partial charge in [0.25, 0.3) is 0 Å². The molecule has 2 rings (SSSR count). The van der Waals surface area contributed by atoms with Gasteiger partial charge in [-0.25, -0.2) is 0 Å². The van der Waals surface area contributed by atoms with E-state index in [9.17, 15) is 0 Å². The van der Waals surface area contributed by atoms with Crippen LogP contribution in [-0.2, 0) is 5.41 Å². The van der Waals surface area contributed by atoms with Crippen LogP contribution in [0.5, 0.6) is 0 Å². The molecule has 1 aliphatic carbocycles. The molecule has 3 unspecified atom stereocenters. The average molecular weight is 251 g/mol. The van der Waals surface area contributed by atoms with E-state index < -0.39 is 0 Å². The van der Waals surface area contributed by atoms with Crippen molar-refractivity contribution < 1.29 is 4.52 Å². The van der Waals surface area contributed by atoms with Crippen molar-refractivity contribution >= 4 is 0 Å². The predicted molar refractivity (Wildman–Crippen MR) is 71.4 cm³/mol. The molecule has 0 bridgehead atoms. The maximum Gasteiger partial charge on any atom is 0.233 e.